The van der Waals surface area contributed by atoms with Crippen molar-refractivity contribution in [3.63, 3.8) is 0 Å². The van der Waals surface area contributed by atoms with Gasteiger partial charge in [0, 0.05) is 37.9 Å². The van der Waals surface area contributed by atoms with Gasteiger partial charge in [0.1, 0.15) is 17.3 Å². The van der Waals surface area contributed by atoms with Crippen LogP contribution in [0.5, 0.6) is 0 Å². The molecule has 0 bridgehead atoms. The standard InChI is InChI=1S/C25H28FN7O2/c1-3-24(34)31-12-17(9-18(31)13-35-2)33-25(28)19(11-27)21(30-33)7-4-15-8-22-23(10-20(15)26)32(14-29-22)16-5-6-16/h3,8,10,14,16-18H,1,5-6,9,11-13,27-28H2,2H3/t17-,18+/m0/s1. The van der Waals surface area contributed by atoms with Crippen molar-refractivity contribution in [1.82, 2.24) is 24.2 Å². The predicted octanol–water partition coefficient (Wildman–Crippen LogP) is 2.12. The van der Waals surface area contributed by atoms with Crippen molar-refractivity contribution >= 4 is 22.8 Å². The molecule has 1 amide bonds. The van der Waals surface area contributed by atoms with Crippen LogP contribution in [0.15, 0.2) is 31.1 Å². The van der Waals surface area contributed by atoms with E-state index in [0.717, 1.165) is 18.4 Å². The normalized spacial score (nSPS) is 19.7. The Morgan fingerprint density at radius 2 is 2.14 bits per heavy atom. The van der Waals surface area contributed by atoms with E-state index < -0.39 is 5.82 Å². The number of carbonyl (C=O) groups excluding carboxylic acids is 1. The number of fused-ring (bicyclic) bond motifs is 1. The second kappa shape index (κ2) is 9.17. The minimum Gasteiger partial charge on any atom is -0.384 e. The van der Waals surface area contributed by atoms with Crippen LogP contribution in [0.4, 0.5) is 10.2 Å². The maximum absolute atomic E-state index is 14.9. The van der Waals surface area contributed by atoms with Crippen LogP contribution in [0.3, 0.4) is 0 Å². The fourth-order valence-electron chi connectivity index (χ4n) is 4.78. The molecule has 2 aromatic heterocycles. The first-order chi connectivity index (χ1) is 16.9. The van der Waals surface area contributed by atoms with Crippen molar-refractivity contribution in [3.8, 4) is 11.8 Å². The lowest BCUT2D eigenvalue weighted by atomic mass is 10.1. The summed E-state index contributed by atoms with van der Waals surface area (Å²) in [4.78, 5) is 18.4. The summed E-state index contributed by atoms with van der Waals surface area (Å²) in [5, 5.41) is 4.61. The second-order valence-electron chi connectivity index (χ2n) is 9.01. The van der Waals surface area contributed by atoms with Crippen LogP contribution in [0.1, 0.15) is 48.2 Å². The first-order valence-corrected chi connectivity index (χ1v) is 11.6. The zero-order valence-electron chi connectivity index (χ0n) is 19.6. The van der Waals surface area contributed by atoms with Gasteiger partial charge in [0.2, 0.25) is 5.91 Å². The highest BCUT2D eigenvalue weighted by molar-refractivity contribution is 5.87. The largest absolute Gasteiger partial charge is 0.384 e. The molecule has 9 nitrogen and oxygen atoms in total. The Balaban J connectivity index is 1.45. The number of amides is 1. The van der Waals surface area contributed by atoms with E-state index in [0.29, 0.717) is 48.2 Å². The molecule has 2 aliphatic rings. The molecule has 1 aliphatic carbocycles. The fourth-order valence-corrected chi connectivity index (χ4v) is 4.78. The van der Waals surface area contributed by atoms with Gasteiger partial charge < -0.3 is 25.7 Å². The zero-order chi connectivity index (χ0) is 24.7. The van der Waals surface area contributed by atoms with E-state index in [9.17, 15) is 9.18 Å². The van der Waals surface area contributed by atoms with Gasteiger partial charge >= 0.3 is 0 Å². The van der Waals surface area contributed by atoms with E-state index >= 15 is 0 Å². The van der Waals surface area contributed by atoms with Crippen LogP contribution in [-0.4, -0.2) is 56.4 Å². The van der Waals surface area contributed by atoms with Gasteiger partial charge in [0.05, 0.1) is 41.6 Å². The zero-order valence-corrected chi connectivity index (χ0v) is 19.6. The average molecular weight is 478 g/mol. The van der Waals surface area contributed by atoms with Gasteiger partial charge in [-0.25, -0.2) is 14.1 Å². The number of rotatable bonds is 6. The maximum atomic E-state index is 14.9. The number of halogens is 1. The molecule has 35 heavy (non-hydrogen) atoms. The molecule has 2 fully saturated rings. The molecule has 0 unspecified atom stereocenters. The highest BCUT2D eigenvalue weighted by Crippen LogP contribution is 2.37. The van der Waals surface area contributed by atoms with Crippen molar-refractivity contribution in [3.05, 3.63) is 53.8 Å². The lowest BCUT2D eigenvalue weighted by Gasteiger charge is -2.22. The third-order valence-corrected chi connectivity index (χ3v) is 6.73. The molecule has 0 radical (unpaired) electrons. The number of imidazole rings is 1. The molecule has 10 heteroatoms. The molecule has 1 saturated carbocycles. The minimum absolute atomic E-state index is 0.119. The quantitative estimate of drug-likeness (QED) is 0.415. The van der Waals surface area contributed by atoms with Crippen molar-refractivity contribution in [2.45, 2.75) is 43.9 Å². The number of benzene rings is 1. The summed E-state index contributed by atoms with van der Waals surface area (Å²) in [5.74, 6) is 5.65. The number of likely N-dealkylation sites (tertiary alicyclic amines) is 1. The molecule has 0 spiro atoms. The van der Waals surface area contributed by atoms with Crippen LogP contribution >= 0.6 is 0 Å². The number of carbonyl (C=O) groups is 1. The topological polar surface area (TPSA) is 117 Å². The third-order valence-electron chi connectivity index (χ3n) is 6.73. The van der Waals surface area contributed by atoms with Crippen molar-refractivity contribution in [1.29, 1.82) is 0 Å². The van der Waals surface area contributed by atoms with E-state index in [1.807, 2.05) is 4.57 Å². The number of aromatic nitrogens is 4. The molecule has 4 N–H and O–H groups in total. The van der Waals surface area contributed by atoms with Crippen LogP contribution in [0, 0.1) is 17.7 Å². The van der Waals surface area contributed by atoms with Crippen LogP contribution in [-0.2, 0) is 16.1 Å². The maximum Gasteiger partial charge on any atom is 0.246 e. The minimum atomic E-state index is -0.411. The van der Waals surface area contributed by atoms with Crippen molar-refractivity contribution in [2.24, 2.45) is 5.73 Å². The van der Waals surface area contributed by atoms with Crippen LogP contribution < -0.4 is 11.5 Å². The summed E-state index contributed by atoms with van der Waals surface area (Å²) in [7, 11) is 1.60. The lowest BCUT2D eigenvalue weighted by Crippen LogP contribution is -2.37. The molecular formula is C25H28FN7O2. The number of anilines is 1. The molecule has 2 atom stereocenters. The molecule has 3 heterocycles. The van der Waals surface area contributed by atoms with Gasteiger partial charge in [-0.2, -0.15) is 5.10 Å². The van der Waals surface area contributed by atoms with Gasteiger partial charge in [-0.3, -0.25) is 4.79 Å². The van der Waals surface area contributed by atoms with Crippen molar-refractivity contribution < 1.29 is 13.9 Å². The summed E-state index contributed by atoms with van der Waals surface area (Å²) in [5.41, 5.74) is 15.0. The molecule has 1 saturated heterocycles. The lowest BCUT2D eigenvalue weighted by molar-refractivity contribution is -0.127. The Bertz CT molecular complexity index is 1360. The number of ether oxygens (including phenoxy) is 1. The smallest absolute Gasteiger partial charge is 0.246 e. The fraction of sp³-hybridized carbons (Fsp3) is 0.400. The Morgan fingerprint density at radius 1 is 1.34 bits per heavy atom. The molecule has 3 aromatic rings. The third kappa shape index (κ3) is 4.17. The van der Waals surface area contributed by atoms with Gasteiger partial charge in [0.25, 0.3) is 0 Å². The molecular weight excluding hydrogens is 449 g/mol. The average Bonchev–Trinajstić information content (AvgIpc) is 3.35. The van der Waals surface area contributed by atoms with Gasteiger partial charge in [-0.15, -0.1) is 0 Å². The first-order valence-electron chi connectivity index (χ1n) is 11.6. The predicted molar refractivity (Wildman–Crippen MR) is 130 cm³/mol. The van der Waals surface area contributed by atoms with Crippen molar-refractivity contribution in [2.75, 3.05) is 26.0 Å². The molecule has 182 valence electrons. The Morgan fingerprint density at radius 3 is 2.83 bits per heavy atom. The summed E-state index contributed by atoms with van der Waals surface area (Å²) in [6.07, 6.45) is 5.84. The number of hydrogen-bond acceptors (Lipinski definition) is 6. The highest BCUT2D eigenvalue weighted by atomic mass is 19.1. The SMILES string of the molecule is C=CC(=O)N1C[C@@H](n2nc(C#Cc3cc4ncn(C5CC5)c4cc3F)c(CN)c2N)C[C@@H]1COC. The second-order valence-corrected chi connectivity index (χ2v) is 9.01. The number of nitrogens with two attached hydrogens (primary N) is 2. The summed E-state index contributed by atoms with van der Waals surface area (Å²) >= 11 is 0. The first kappa shape index (κ1) is 23.1. The highest BCUT2D eigenvalue weighted by Gasteiger charge is 2.37. The van der Waals surface area contributed by atoms with E-state index in [1.54, 1.807) is 29.1 Å². The van der Waals surface area contributed by atoms with Gasteiger partial charge in [-0.1, -0.05) is 12.5 Å². The Hall–Kier alpha value is -3.68. The monoisotopic (exact) mass is 477 g/mol. The molecule has 1 aliphatic heterocycles. The van der Waals surface area contributed by atoms with Gasteiger partial charge in [-0.05, 0) is 37.3 Å². The molecule has 1 aromatic carbocycles. The van der Waals surface area contributed by atoms with Gasteiger partial charge in [0.15, 0.2) is 0 Å². The number of nitrogens with zero attached hydrogens (tertiary/aromatic N) is 5. The van der Waals surface area contributed by atoms with Crippen LogP contribution in [0.2, 0.25) is 0 Å². The summed E-state index contributed by atoms with van der Waals surface area (Å²) in [6.45, 7) is 4.53. The van der Waals surface area contributed by atoms with E-state index in [-0.39, 0.29) is 30.1 Å². The summed E-state index contributed by atoms with van der Waals surface area (Å²) < 4.78 is 23.8. The summed E-state index contributed by atoms with van der Waals surface area (Å²) in [6, 6.07) is 3.27. The van der Waals surface area contributed by atoms with E-state index in [1.165, 1.54) is 12.1 Å². The van der Waals surface area contributed by atoms with E-state index in [2.05, 4.69) is 28.5 Å². The van der Waals surface area contributed by atoms with E-state index in [4.69, 9.17) is 16.2 Å². The number of methoxy groups -OCH3 is 1. The molecule has 5 rings (SSSR count). The van der Waals surface area contributed by atoms with Crippen LogP contribution in [0.25, 0.3) is 11.0 Å². The Kier molecular flexibility index (Phi) is 6.05. The number of nitrogen functional groups attached to an aromatic ring is 1. The number of hydrogen-bond donors (Lipinski definition) is 2. The Labute approximate surface area is 202 Å².